The van der Waals surface area contributed by atoms with Gasteiger partial charge in [-0.15, -0.1) is 0 Å². The number of carboxylic acid groups (broad SMARTS) is 1. The Labute approximate surface area is 176 Å². The monoisotopic (exact) mass is 430 g/mol. The standard InChI is InChI=1S/C21H34O9/c1-12(10-14(23)24)6-9-21(28)19(2,3)7-5-8-20(21,4)30-18-17(27)16(26)15(25)13(11-22)29-18/h6,9-10,13,15-18,22,25-28H,5,7-8,11H2,1-4H3,(H,23,24). The van der Waals surface area contributed by atoms with Crippen LogP contribution in [-0.4, -0.2) is 85.1 Å². The fourth-order valence-electron chi connectivity index (χ4n) is 4.43. The van der Waals surface area contributed by atoms with Crippen LogP contribution in [0.1, 0.15) is 47.0 Å². The number of ether oxygens (including phenoxy) is 2. The van der Waals surface area contributed by atoms with Crippen molar-refractivity contribution in [3.63, 3.8) is 0 Å². The van der Waals surface area contributed by atoms with Crippen molar-refractivity contribution in [3.8, 4) is 0 Å². The van der Waals surface area contributed by atoms with Gasteiger partial charge in [-0.2, -0.15) is 0 Å². The van der Waals surface area contributed by atoms with Crippen LogP contribution in [0.4, 0.5) is 0 Å². The molecule has 1 saturated carbocycles. The Bertz CT molecular complexity index is 686. The van der Waals surface area contributed by atoms with E-state index < -0.39 is 59.9 Å². The van der Waals surface area contributed by atoms with Crippen molar-refractivity contribution in [2.75, 3.05) is 6.61 Å². The van der Waals surface area contributed by atoms with Crippen molar-refractivity contribution >= 4 is 5.97 Å². The Morgan fingerprint density at radius 3 is 2.33 bits per heavy atom. The van der Waals surface area contributed by atoms with Gasteiger partial charge in [0.2, 0.25) is 0 Å². The van der Waals surface area contributed by atoms with Crippen molar-refractivity contribution in [1.29, 1.82) is 0 Å². The minimum atomic E-state index is -1.59. The molecule has 7 unspecified atom stereocenters. The molecule has 1 heterocycles. The number of rotatable bonds is 6. The van der Waals surface area contributed by atoms with Crippen LogP contribution < -0.4 is 0 Å². The predicted octanol–water partition coefficient (Wildman–Crippen LogP) is 0.0899. The van der Waals surface area contributed by atoms with E-state index in [0.717, 1.165) is 6.08 Å². The zero-order valence-corrected chi connectivity index (χ0v) is 17.9. The third kappa shape index (κ3) is 4.62. The molecule has 0 aromatic carbocycles. The molecule has 1 aliphatic heterocycles. The van der Waals surface area contributed by atoms with Gasteiger partial charge in [0.15, 0.2) is 6.29 Å². The molecule has 2 rings (SSSR count). The first kappa shape index (κ1) is 24.9. The molecule has 1 saturated heterocycles. The van der Waals surface area contributed by atoms with E-state index >= 15 is 0 Å². The van der Waals surface area contributed by atoms with Gasteiger partial charge in [-0.25, -0.2) is 4.79 Å². The Hall–Kier alpha value is -1.33. The fraction of sp³-hybridized carbons (Fsp3) is 0.762. The number of hydrogen-bond donors (Lipinski definition) is 6. The minimum Gasteiger partial charge on any atom is -0.478 e. The summed E-state index contributed by atoms with van der Waals surface area (Å²) in [5.74, 6) is -1.10. The summed E-state index contributed by atoms with van der Waals surface area (Å²) in [6.45, 7) is 6.40. The second-order valence-electron chi connectivity index (χ2n) is 9.11. The molecule has 0 radical (unpaired) electrons. The molecule has 9 heteroatoms. The van der Waals surface area contributed by atoms with Gasteiger partial charge in [0.05, 0.1) is 6.61 Å². The number of carboxylic acids is 1. The summed E-state index contributed by atoms with van der Waals surface area (Å²) >= 11 is 0. The molecular weight excluding hydrogens is 396 g/mol. The molecule has 9 nitrogen and oxygen atoms in total. The molecule has 6 N–H and O–H groups in total. The summed E-state index contributed by atoms with van der Waals surface area (Å²) in [5, 5.41) is 60.5. The molecule has 1 aliphatic carbocycles. The summed E-state index contributed by atoms with van der Waals surface area (Å²) in [7, 11) is 0. The average Bonchev–Trinajstić information content (AvgIpc) is 2.64. The van der Waals surface area contributed by atoms with Crippen LogP contribution in [-0.2, 0) is 14.3 Å². The fourth-order valence-corrected chi connectivity index (χ4v) is 4.43. The SMILES string of the molecule is CC(C=CC1(O)C(C)(C)CCCC1(C)OC1OC(CO)C(O)C(O)C1O)=CC(=O)O. The molecule has 0 aromatic rings. The zero-order valence-electron chi connectivity index (χ0n) is 17.9. The lowest BCUT2D eigenvalue weighted by molar-refractivity contribution is -0.352. The zero-order chi connectivity index (χ0) is 22.9. The van der Waals surface area contributed by atoms with Crippen LogP contribution in [0.2, 0.25) is 0 Å². The van der Waals surface area contributed by atoms with Gasteiger partial charge in [-0.3, -0.25) is 0 Å². The number of aliphatic hydroxyl groups excluding tert-OH is 4. The highest BCUT2D eigenvalue weighted by molar-refractivity contribution is 5.81. The van der Waals surface area contributed by atoms with Gasteiger partial charge in [-0.05, 0) is 50.2 Å². The van der Waals surface area contributed by atoms with Crippen molar-refractivity contribution in [3.05, 3.63) is 23.8 Å². The molecule has 7 atom stereocenters. The summed E-state index contributed by atoms with van der Waals surface area (Å²) < 4.78 is 11.5. The van der Waals surface area contributed by atoms with Gasteiger partial charge in [0, 0.05) is 6.08 Å². The highest BCUT2D eigenvalue weighted by Gasteiger charge is 2.60. The third-order valence-electron chi connectivity index (χ3n) is 6.46. The number of aliphatic carboxylic acids is 1. The smallest absolute Gasteiger partial charge is 0.328 e. The van der Waals surface area contributed by atoms with Gasteiger partial charge in [0.1, 0.15) is 35.6 Å². The van der Waals surface area contributed by atoms with Crippen LogP contribution in [0.15, 0.2) is 23.8 Å². The van der Waals surface area contributed by atoms with Crippen molar-refractivity contribution < 1.29 is 44.9 Å². The lowest BCUT2D eigenvalue weighted by atomic mass is 9.58. The van der Waals surface area contributed by atoms with Crippen LogP contribution in [0.3, 0.4) is 0 Å². The molecule has 2 fully saturated rings. The first-order valence-electron chi connectivity index (χ1n) is 10.1. The summed E-state index contributed by atoms with van der Waals surface area (Å²) in [6.07, 6.45) is -1.40. The Morgan fingerprint density at radius 1 is 1.13 bits per heavy atom. The van der Waals surface area contributed by atoms with Gasteiger partial charge in [-0.1, -0.05) is 19.9 Å². The molecule has 2 aliphatic rings. The number of allylic oxidation sites excluding steroid dienone is 2. The molecule has 0 amide bonds. The largest absolute Gasteiger partial charge is 0.478 e. The van der Waals surface area contributed by atoms with Crippen molar-refractivity contribution in [1.82, 2.24) is 0 Å². The summed E-state index contributed by atoms with van der Waals surface area (Å²) in [6, 6.07) is 0. The van der Waals surface area contributed by atoms with Gasteiger partial charge < -0.3 is 40.1 Å². The molecule has 0 aromatic heterocycles. The molecule has 0 bridgehead atoms. The normalized spacial score (nSPS) is 42.4. The summed E-state index contributed by atoms with van der Waals surface area (Å²) in [4.78, 5) is 10.9. The van der Waals surface area contributed by atoms with Crippen molar-refractivity contribution in [2.45, 2.75) is 88.9 Å². The first-order valence-corrected chi connectivity index (χ1v) is 10.1. The van der Waals surface area contributed by atoms with Crippen LogP contribution in [0, 0.1) is 5.41 Å². The van der Waals surface area contributed by atoms with Gasteiger partial charge >= 0.3 is 5.97 Å². The molecule has 0 spiro atoms. The molecule has 172 valence electrons. The quantitative estimate of drug-likeness (QED) is 0.254. The minimum absolute atomic E-state index is 0.397. The Morgan fingerprint density at radius 2 is 1.77 bits per heavy atom. The second-order valence-corrected chi connectivity index (χ2v) is 9.11. The van der Waals surface area contributed by atoms with E-state index in [1.807, 2.05) is 13.8 Å². The topological polar surface area (TPSA) is 157 Å². The van der Waals surface area contributed by atoms with E-state index in [0.29, 0.717) is 24.8 Å². The average molecular weight is 430 g/mol. The van der Waals surface area contributed by atoms with Crippen LogP contribution >= 0.6 is 0 Å². The van der Waals surface area contributed by atoms with Crippen LogP contribution in [0.25, 0.3) is 0 Å². The van der Waals surface area contributed by atoms with E-state index in [9.17, 15) is 30.3 Å². The van der Waals surface area contributed by atoms with E-state index in [4.69, 9.17) is 14.6 Å². The lowest BCUT2D eigenvalue weighted by Gasteiger charge is -2.57. The predicted molar refractivity (Wildman–Crippen MR) is 106 cm³/mol. The number of carbonyl (C=O) groups is 1. The summed E-state index contributed by atoms with van der Waals surface area (Å²) in [5.41, 5.74) is -3.10. The maximum absolute atomic E-state index is 11.8. The number of aliphatic hydroxyl groups is 5. The second kappa shape index (κ2) is 9.04. The third-order valence-corrected chi connectivity index (χ3v) is 6.46. The van der Waals surface area contributed by atoms with Crippen molar-refractivity contribution in [2.24, 2.45) is 5.41 Å². The maximum Gasteiger partial charge on any atom is 0.328 e. The first-order chi connectivity index (χ1) is 13.8. The highest BCUT2D eigenvalue weighted by atomic mass is 16.7. The van der Waals surface area contributed by atoms with Gasteiger partial charge in [0.25, 0.3) is 0 Å². The van der Waals surface area contributed by atoms with Crippen LogP contribution in [0.5, 0.6) is 0 Å². The molecular formula is C21H34O9. The van der Waals surface area contributed by atoms with E-state index in [1.165, 1.54) is 12.2 Å². The Balaban J connectivity index is 2.39. The lowest BCUT2D eigenvalue weighted by Crippen LogP contribution is -2.67. The molecule has 30 heavy (non-hydrogen) atoms. The van der Waals surface area contributed by atoms with E-state index in [1.54, 1.807) is 13.8 Å². The maximum atomic E-state index is 11.8. The van der Waals surface area contributed by atoms with E-state index in [2.05, 4.69) is 0 Å². The number of hydrogen-bond acceptors (Lipinski definition) is 8. The van der Waals surface area contributed by atoms with E-state index in [-0.39, 0.29) is 0 Å². The Kier molecular flexibility index (Phi) is 7.51. The highest BCUT2D eigenvalue weighted by Crippen LogP contribution is 2.52.